The quantitative estimate of drug-likeness (QED) is 0.850. The highest BCUT2D eigenvalue weighted by atomic mass is 16.4. The molecule has 0 spiro atoms. The van der Waals surface area contributed by atoms with Gasteiger partial charge in [-0.05, 0) is 31.2 Å². The molecule has 1 aliphatic carbocycles. The lowest BCUT2D eigenvalue weighted by Gasteiger charge is -2.30. The van der Waals surface area contributed by atoms with E-state index in [4.69, 9.17) is 0 Å². The Morgan fingerprint density at radius 3 is 2.81 bits per heavy atom. The van der Waals surface area contributed by atoms with Gasteiger partial charge in [0, 0.05) is 49.7 Å². The van der Waals surface area contributed by atoms with Crippen molar-refractivity contribution in [1.82, 2.24) is 24.5 Å². The maximum atomic E-state index is 13.0. The molecule has 1 saturated carbocycles. The molecule has 2 aliphatic rings. The Hall–Kier alpha value is -2.64. The normalized spacial score (nSPS) is 17.8. The number of hydrogen-bond acceptors (Lipinski definition) is 4. The molecule has 1 aliphatic heterocycles. The largest absolute Gasteiger partial charge is 0.476 e. The van der Waals surface area contributed by atoms with E-state index < -0.39 is 5.97 Å². The van der Waals surface area contributed by atoms with Gasteiger partial charge in [0.1, 0.15) is 6.04 Å². The van der Waals surface area contributed by atoms with Crippen LogP contribution in [-0.4, -0.2) is 48.0 Å². The van der Waals surface area contributed by atoms with E-state index in [9.17, 15) is 14.7 Å². The third kappa shape index (κ3) is 3.00. The minimum absolute atomic E-state index is 0.0202. The molecule has 2 aromatic rings. The number of carboxylic acid groups (broad SMARTS) is 1. The Morgan fingerprint density at radius 1 is 1.38 bits per heavy atom. The predicted octanol–water partition coefficient (Wildman–Crippen LogP) is 1.72. The third-order valence-corrected chi connectivity index (χ3v) is 5.29. The van der Waals surface area contributed by atoms with E-state index in [1.807, 2.05) is 11.6 Å². The second kappa shape index (κ2) is 6.59. The Bertz CT molecular complexity index is 822. The fraction of sp³-hybridized carbons (Fsp3) is 0.556. The minimum atomic E-state index is -1.02. The number of aromatic carboxylic acids is 1. The molecule has 4 rings (SSSR count). The zero-order valence-electron chi connectivity index (χ0n) is 14.8. The maximum Gasteiger partial charge on any atom is 0.356 e. The molecule has 1 atom stereocenters. The van der Waals surface area contributed by atoms with Crippen LogP contribution in [0.3, 0.4) is 0 Å². The fourth-order valence-electron chi connectivity index (χ4n) is 3.70. The summed E-state index contributed by atoms with van der Waals surface area (Å²) >= 11 is 0. The summed E-state index contributed by atoms with van der Waals surface area (Å²) in [6, 6.07) is 1.44. The lowest BCUT2D eigenvalue weighted by atomic mass is 10.0. The van der Waals surface area contributed by atoms with Crippen LogP contribution in [-0.2, 0) is 24.3 Å². The standard InChI is InChI=1S/C18H23N5O3/c1-2-14(22-8-3-7-19-22)17(24)21-9-6-15-13(11-21)16(18(25)26)20-23(15)10-12-4-5-12/h3,7-8,12,14H,2,4-6,9-11H2,1H3,(H,25,26). The number of amides is 1. The molecule has 3 heterocycles. The third-order valence-electron chi connectivity index (χ3n) is 5.29. The molecule has 138 valence electrons. The summed E-state index contributed by atoms with van der Waals surface area (Å²) in [7, 11) is 0. The van der Waals surface area contributed by atoms with Crippen LogP contribution in [0, 0.1) is 5.92 Å². The van der Waals surface area contributed by atoms with Gasteiger partial charge in [0.05, 0.1) is 0 Å². The summed E-state index contributed by atoms with van der Waals surface area (Å²) < 4.78 is 3.54. The van der Waals surface area contributed by atoms with Crippen LogP contribution in [0.1, 0.15) is 54.0 Å². The SMILES string of the molecule is CCC(C(=O)N1CCc2c(c(C(=O)O)nn2CC2CC2)C1)n1cccn1. The number of hydrogen-bond donors (Lipinski definition) is 1. The summed E-state index contributed by atoms with van der Waals surface area (Å²) in [5, 5.41) is 18.1. The molecular formula is C18H23N5O3. The Balaban J connectivity index is 1.59. The number of rotatable bonds is 6. The monoisotopic (exact) mass is 357 g/mol. The average molecular weight is 357 g/mol. The van der Waals surface area contributed by atoms with Gasteiger partial charge >= 0.3 is 5.97 Å². The summed E-state index contributed by atoms with van der Waals surface area (Å²) in [6.07, 6.45) is 7.10. The van der Waals surface area contributed by atoms with Crippen molar-refractivity contribution < 1.29 is 14.7 Å². The highest BCUT2D eigenvalue weighted by Gasteiger charge is 2.34. The smallest absolute Gasteiger partial charge is 0.356 e. The molecule has 0 bridgehead atoms. The van der Waals surface area contributed by atoms with Crippen molar-refractivity contribution in [3.05, 3.63) is 35.4 Å². The molecule has 1 amide bonds. The van der Waals surface area contributed by atoms with Crippen molar-refractivity contribution in [3.8, 4) is 0 Å². The zero-order valence-corrected chi connectivity index (χ0v) is 14.8. The molecule has 8 nitrogen and oxygen atoms in total. The first-order valence-electron chi connectivity index (χ1n) is 9.18. The minimum Gasteiger partial charge on any atom is -0.476 e. The summed E-state index contributed by atoms with van der Waals surface area (Å²) in [4.78, 5) is 26.4. The van der Waals surface area contributed by atoms with Gasteiger partial charge in [0.15, 0.2) is 5.69 Å². The van der Waals surface area contributed by atoms with Crippen LogP contribution in [0.25, 0.3) is 0 Å². The van der Waals surface area contributed by atoms with Crippen molar-refractivity contribution in [1.29, 1.82) is 0 Å². The number of aromatic nitrogens is 4. The molecule has 1 unspecified atom stereocenters. The van der Waals surface area contributed by atoms with Gasteiger partial charge in [-0.3, -0.25) is 14.2 Å². The molecule has 8 heteroatoms. The first-order valence-corrected chi connectivity index (χ1v) is 9.18. The lowest BCUT2D eigenvalue weighted by Crippen LogP contribution is -2.41. The van der Waals surface area contributed by atoms with Crippen LogP contribution < -0.4 is 0 Å². The number of carbonyl (C=O) groups excluding carboxylic acids is 1. The summed E-state index contributed by atoms with van der Waals surface area (Å²) in [5.74, 6) is -0.429. The first kappa shape index (κ1) is 16.8. The molecule has 2 aromatic heterocycles. The molecular weight excluding hydrogens is 334 g/mol. The highest BCUT2D eigenvalue weighted by Crippen LogP contribution is 2.33. The van der Waals surface area contributed by atoms with Gasteiger partial charge in [0.2, 0.25) is 5.91 Å². The predicted molar refractivity (Wildman–Crippen MR) is 92.6 cm³/mol. The van der Waals surface area contributed by atoms with E-state index in [1.165, 1.54) is 12.8 Å². The van der Waals surface area contributed by atoms with E-state index in [2.05, 4.69) is 10.2 Å². The summed E-state index contributed by atoms with van der Waals surface area (Å²) in [6.45, 7) is 3.63. The summed E-state index contributed by atoms with van der Waals surface area (Å²) in [5.41, 5.74) is 1.75. The van der Waals surface area contributed by atoms with Gasteiger partial charge < -0.3 is 10.0 Å². The first-order chi connectivity index (χ1) is 12.6. The van der Waals surface area contributed by atoms with Crippen molar-refractivity contribution >= 4 is 11.9 Å². The molecule has 1 N–H and O–H groups in total. The second-order valence-electron chi connectivity index (χ2n) is 7.12. The van der Waals surface area contributed by atoms with Crippen molar-refractivity contribution in [3.63, 3.8) is 0 Å². The number of fused-ring (bicyclic) bond motifs is 1. The van der Waals surface area contributed by atoms with Crippen LogP contribution in [0.4, 0.5) is 0 Å². The van der Waals surface area contributed by atoms with E-state index in [1.54, 1.807) is 28.0 Å². The van der Waals surface area contributed by atoms with Crippen molar-refractivity contribution in [2.45, 2.75) is 51.7 Å². The van der Waals surface area contributed by atoms with E-state index in [0.717, 1.165) is 12.2 Å². The molecule has 0 aromatic carbocycles. The van der Waals surface area contributed by atoms with Crippen LogP contribution in [0.15, 0.2) is 18.5 Å². The van der Waals surface area contributed by atoms with Crippen molar-refractivity contribution in [2.75, 3.05) is 6.54 Å². The Labute approximate surface area is 151 Å². The zero-order chi connectivity index (χ0) is 18.3. The molecule has 0 saturated heterocycles. The Kier molecular flexibility index (Phi) is 4.26. The lowest BCUT2D eigenvalue weighted by molar-refractivity contribution is -0.136. The topological polar surface area (TPSA) is 93.3 Å². The van der Waals surface area contributed by atoms with Gasteiger partial charge in [-0.1, -0.05) is 6.92 Å². The van der Waals surface area contributed by atoms with Crippen LogP contribution in [0.5, 0.6) is 0 Å². The van der Waals surface area contributed by atoms with Gasteiger partial charge in [0.25, 0.3) is 0 Å². The Morgan fingerprint density at radius 2 is 2.19 bits per heavy atom. The van der Waals surface area contributed by atoms with Crippen LogP contribution in [0.2, 0.25) is 0 Å². The maximum absolute atomic E-state index is 13.0. The number of carboxylic acids is 1. The highest BCUT2D eigenvalue weighted by molar-refractivity contribution is 5.88. The van der Waals surface area contributed by atoms with E-state index >= 15 is 0 Å². The second-order valence-corrected chi connectivity index (χ2v) is 7.12. The van der Waals surface area contributed by atoms with Crippen LogP contribution >= 0.6 is 0 Å². The molecule has 26 heavy (non-hydrogen) atoms. The molecule has 1 fully saturated rings. The number of nitrogens with zero attached hydrogens (tertiary/aromatic N) is 5. The van der Waals surface area contributed by atoms with Gasteiger partial charge in [-0.25, -0.2) is 4.79 Å². The van der Waals surface area contributed by atoms with E-state index in [0.29, 0.717) is 37.4 Å². The molecule has 0 radical (unpaired) electrons. The van der Waals surface area contributed by atoms with Gasteiger partial charge in [-0.15, -0.1) is 0 Å². The average Bonchev–Trinajstić information content (AvgIpc) is 3.15. The van der Waals surface area contributed by atoms with Gasteiger partial charge in [-0.2, -0.15) is 10.2 Å². The van der Waals surface area contributed by atoms with Crippen molar-refractivity contribution in [2.24, 2.45) is 5.92 Å². The van der Waals surface area contributed by atoms with E-state index in [-0.39, 0.29) is 17.6 Å². The number of carbonyl (C=O) groups is 2. The fourth-order valence-corrected chi connectivity index (χ4v) is 3.70.